The first-order chi connectivity index (χ1) is 9.61. The summed E-state index contributed by atoms with van der Waals surface area (Å²) in [6, 6.07) is 7.11. The van der Waals surface area contributed by atoms with E-state index in [1.807, 2.05) is 6.07 Å². The minimum atomic E-state index is -0.375. The average Bonchev–Trinajstić information content (AvgIpc) is 2.46. The molecule has 0 atom stereocenters. The molecule has 0 fully saturated rings. The first-order valence-electron chi connectivity index (χ1n) is 6.11. The highest BCUT2D eigenvalue weighted by Crippen LogP contribution is 2.19. The van der Waals surface area contributed by atoms with Crippen molar-refractivity contribution in [3.05, 3.63) is 36.2 Å². The number of anilines is 1. The Balaban J connectivity index is 2.17. The van der Waals surface area contributed by atoms with Gasteiger partial charge in [0.05, 0.1) is 13.5 Å². The van der Waals surface area contributed by atoms with Crippen LogP contribution in [-0.4, -0.2) is 30.5 Å². The minimum absolute atomic E-state index is 0.120. The Morgan fingerprint density at radius 1 is 1.35 bits per heavy atom. The fourth-order valence-corrected chi connectivity index (χ4v) is 1.83. The third kappa shape index (κ3) is 3.03. The number of fused-ring (bicyclic) bond motifs is 1. The smallest absolute Gasteiger partial charge is 0.307 e. The molecule has 3 N–H and O–H groups in total. The van der Waals surface area contributed by atoms with Crippen molar-refractivity contribution >= 4 is 28.3 Å². The molecule has 1 heterocycles. The number of amides is 1. The first kappa shape index (κ1) is 13.8. The van der Waals surface area contributed by atoms with E-state index < -0.39 is 0 Å². The zero-order valence-electron chi connectivity index (χ0n) is 11.1. The molecule has 6 heteroatoms. The van der Waals surface area contributed by atoms with Gasteiger partial charge in [-0.2, -0.15) is 0 Å². The van der Waals surface area contributed by atoms with E-state index in [-0.39, 0.29) is 24.8 Å². The van der Waals surface area contributed by atoms with Crippen LogP contribution in [0.5, 0.6) is 0 Å². The molecular formula is C14H15N3O3. The lowest BCUT2D eigenvalue weighted by Crippen LogP contribution is -2.27. The van der Waals surface area contributed by atoms with Gasteiger partial charge in [-0.1, -0.05) is 6.07 Å². The van der Waals surface area contributed by atoms with Gasteiger partial charge in [0.15, 0.2) is 0 Å². The monoisotopic (exact) mass is 273 g/mol. The molecule has 2 rings (SSSR count). The number of methoxy groups -OCH3 is 1. The number of nitrogens with two attached hydrogens (primary N) is 1. The summed E-state index contributed by atoms with van der Waals surface area (Å²) in [6.07, 6.45) is 1.68. The molecule has 0 bridgehead atoms. The standard InChI is InChI=1S/C14H15N3O3/c1-20-12(18)5-7-17-14(19)13-11-8-10(15)3-2-9(11)4-6-16-13/h2-4,6,8H,5,7,15H2,1H3,(H,17,19). The van der Waals surface area contributed by atoms with Gasteiger partial charge in [0, 0.05) is 23.8 Å². The van der Waals surface area contributed by atoms with Crippen molar-refractivity contribution < 1.29 is 14.3 Å². The van der Waals surface area contributed by atoms with Crippen molar-refractivity contribution in [1.82, 2.24) is 10.3 Å². The number of hydrogen-bond donors (Lipinski definition) is 2. The molecule has 0 spiro atoms. The Kier molecular flexibility index (Phi) is 4.14. The van der Waals surface area contributed by atoms with Crippen LogP contribution in [0.3, 0.4) is 0 Å². The van der Waals surface area contributed by atoms with Crippen molar-refractivity contribution in [2.75, 3.05) is 19.4 Å². The Labute approximate surface area is 115 Å². The van der Waals surface area contributed by atoms with Crippen LogP contribution in [-0.2, 0) is 9.53 Å². The second kappa shape index (κ2) is 6.01. The van der Waals surface area contributed by atoms with Gasteiger partial charge in [0.2, 0.25) is 0 Å². The third-order valence-electron chi connectivity index (χ3n) is 2.85. The van der Waals surface area contributed by atoms with Gasteiger partial charge in [-0.05, 0) is 23.6 Å². The molecule has 1 aromatic carbocycles. The summed E-state index contributed by atoms with van der Waals surface area (Å²) < 4.78 is 4.50. The first-order valence-corrected chi connectivity index (χ1v) is 6.11. The lowest BCUT2D eigenvalue weighted by Gasteiger charge is -2.07. The third-order valence-corrected chi connectivity index (χ3v) is 2.85. The lowest BCUT2D eigenvalue weighted by molar-refractivity contribution is -0.140. The predicted molar refractivity (Wildman–Crippen MR) is 75.1 cm³/mol. The van der Waals surface area contributed by atoms with Crippen molar-refractivity contribution in [3.63, 3.8) is 0 Å². The Morgan fingerprint density at radius 2 is 2.15 bits per heavy atom. The van der Waals surface area contributed by atoms with Crippen LogP contribution in [0.4, 0.5) is 5.69 Å². The fourth-order valence-electron chi connectivity index (χ4n) is 1.83. The van der Waals surface area contributed by atoms with Crippen molar-refractivity contribution in [3.8, 4) is 0 Å². The molecule has 0 radical (unpaired) electrons. The van der Waals surface area contributed by atoms with Crippen molar-refractivity contribution in [1.29, 1.82) is 0 Å². The maximum Gasteiger partial charge on any atom is 0.307 e. The zero-order valence-corrected chi connectivity index (χ0v) is 11.1. The molecule has 1 amide bonds. The quantitative estimate of drug-likeness (QED) is 0.643. The van der Waals surface area contributed by atoms with E-state index in [9.17, 15) is 9.59 Å². The number of carbonyl (C=O) groups excluding carboxylic acids is 2. The van der Waals surface area contributed by atoms with E-state index in [0.29, 0.717) is 16.8 Å². The highest BCUT2D eigenvalue weighted by molar-refractivity contribution is 6.05. The SMILES string of the molecule is COC(=O)CCNC(=O)c1nccc2ccc(N)cc12. The van der Waals surface area contributed by atoms with E-state index in [2.05, 4.69) is 15.0 Å². The van der Waals surface area contributed by atoms with Crippen molar-refractivity contribution in [2.45, 2.75) is 6.42 Å². The molecular weight excluding hydrogens is 258 g/mol. The van der Waals surface area contributed by atoms with Gasteiger partial charge in [0.1, 0.15) is 5.69 Å². The molecule has 104 valence electrons. The summed E-state index contributed by atoms with van der Waals surface area (Å²) in [6.45, 7) is 0.200. The number of nitrogens with zero attached hydrogens (tertiary/aromatic N) is 1. The molecule has 0 aliphatic heterocycles. The molecule has 0 saturated carbocycles. The van der Waals surface area contributed by atoms with E-state index in [1.165, 1.54) is 7.11 Å². The van der Waals surface area contributed by atoms with Crippen LogP contribution in [0.1, 0.15) is 16.9 Å². The highest BCUT2D eigenvalue weighted by atomic mass is 16.5. The molecule has 0 aliphatic carbocycles. The van der Waals surface area contributed by atoms with Gasteiger partial charge in [-0.15, -0.1) is 0 Å². The van der Waals surface area contributed by atoms with E-state index in [1.54, 1.807) is 24.4 Å². The fraction of sp³-hybridized carbons (Fsp3) is 0.214. The van der Waals surface area contributed by atoms with Crippen LogP contribution in [0, 0.1) is 0 Å². The molecule has 0 unspecified atom stereocenters. The summed E-state index contributed by atoms with van der Waals surface area (Å²) in [5.41, 5.74) is 6.59. The lowest BCUT2D eigenvalue weighted by atomic mass is 10.1. The largest absolute Gasteiger partial charge is 0.469 e. The number of rotatable bonds is 4. The molecule has 0 saturated heterocycles. The van der Waals surface area contributed by atoms with Crippen LogP contribution >= 0.6 is 0 Å². The summed E-state index contributed by atoms with van der Waals surface area (Å²) in [5, 5.41) is 4.20. The maximum absolute atomic E-state index is 12.1. The average molecular weight is 273 g/mol. The van der Waals surface area contributed by atoms with Gasteiger partial charge >= 0.3 is 5.97 Å². The zero-order chi connectivity index (χ0) is 14.5. The maximum atomic E-state index is 12.1. The van der Waals surface area contributed by atoms with Gasteiger partial charge < -0.3 is 15.8 Å². The topological polar surface area (TPSA) is 94.3 Å². The van der Waals surface area contributed by atoms with Crippen LogP contribution in [0.2, 0.25) is 0 Å². The van der Waals surface area contributed by atoms with Gasteiger partial charge in [-0.25, -0.2) is 0 Å². The number of nitrogens with one attached hydrogen (secondary N) is 1. The van der Waals surface area contributed by atoms with E-state index >= 15 is 0 Å². The number of hydrogen-bond acceptors (Lipinski definition) is 5. The summed E-state index contributed by atoms with van der Waals surface area (Å²) in [7, 11) is 1.30. The molecule has 2 aromatic rings. The normalized spacial score (nSPS) is 10.2. The number of pyridine rings is 1. The van der Waals surface area contributed by atoms with Crippen molar-refractivity contribution in [2.24, 2.45) is 0 Å². The van der Waals surface area contributed by atoms with Crippen LogP contribution in [0.15, 0.2) is 30.5 Å². The van der Waals surface area contributed by atoms with E-state index in [4.69, 9.17) is 5.73 Å². The molecule has 20 heavy (non-hydrogen) atoms. The number of ether oxygens (including phenoxy) is 1. The number of carbonyl (C=O) groups is 2. The highest BCUT2D eigenvalue weighted by Gasteiger charge is 2.12. The molecule has 6 nitrogen and oxygen atoms in total. The molecule has 1 aromatic heterocycles. The summed E-state index contributed by atoms with van der Waals surface area (Å²) in [4.78, 5) is 27.1. The second-order valence-corrected chi connectivity index (χ2v) is 4.22. The van der Waals surface area contributed by atoms with Gasteiger partial charge in [-0.3, -0.25) is 14.6 Å². The summed E-state index contributed by atoms with van der Waals surface area (Å²) in [5.74, 6) is -0.717. The van der Waals surface area contributed by atoms with E-state index in [0.717, 1.165) is 5.39 Å². The van der Waals surface area contributed by atoms with Crippen LogP contribution < -0.4 is 11.1 Å². The number of esters is 1. The summed E-state index contributed by atoms with van der Waals surface area (Å²) >= 11 is 0. The number of benzene rings is 1. The Morgan fingerprint density at radius 3 is 2.90 bits per heavy atom. The number of aromatic nitrogens is 1. The van der Waals surface area contributed by atoms with Crippen LogP contribution in [0.25, 0.3) is 10.8 Å². The second-order valence-electron chi connectivity index (χ2n) is 4.22. The predicted octanol–water partition coefficient (Wildman–Crippen LogP) is 1.11. The number of nitrogen functional groups attached to an aromatic ring is 1. The Bertz CT molecular complexity index is 655. The Hall–Kier alpha value is -2.63. The molecule has 0 aliphatic rings. The van der Waals surface area contributed by atoms with Gasteiger partial charge in [0.25, 0.3) is 5.91 Å². The minimum Gasteiger partial charge on any atom is -0.469 e.